The van der Waals surface area contributed by atoms with Crippen LogP contribution in [0.1, 0.15) is 52.9 Å². The summed E-state index contributed by atoms with van der Waals surface area (Å²) in [4.78, 5) is 0. The first kappa shape index (κ1) is 15.9. The first-order valence-electron chi connectivity index (χ1n) is 7.60. The zero-order valence-corrected chi connectivity index (χ0v) is 12.8. The predicted octanol–water partition coefficient (Wildman–Crippen LogP) is 2.56. The molecule has 0 amide bonds. The van der Waals surface area contributed by atoms with Crippen LogP contribution in [-0.4, -0.2) is 38.9 Å². The third-order valence-electron chi connectivity index (χ3n) is 4.98. The minimum atomic E-state index is 0.325. The quantitative estimate of drug-likeness (QED) is 0.700. The highest BCUT2D eigenvalue weighted by atomic mass is 16.5. The van der Waals surface area contributed by atoms with E-state index in [1.54, 1.807) is 0 Å². The van der Waals surface area contributed by atoms with E-state index in [0.717, 1.165) is 26.2 Å². The van der Waals surface area contributed by atoms with Gasteiger partial charge in [-0.25, -0.2) is 0 Å². The zero-order valence-electron chi connectivity index (χ0n) is 12.8. The lowest BCUT2D eigenvalue weighted by Crippen LogP contribution is -2.52. The van der Waals surface area contributed by atoms with Gasteiger partial charge < -0.3 is 15.4 Å². The summed E-state index contributed by atoms with van der Waals surface area (Å²) in [5.41, 5.74) is 0.663. The van der Waals surface area contributed by atoms with Gasteiger partial charge >= 0.3 is 0 Å². The van der Waals surface area contributed by atoms with Crippen molar-refractivity contribution in [2.45, 2.75) is 58.4 Å². The van der Waals surface area contributed by atoms with Gasteiger partial charge in [0.25, 0.3) is 0 Å². The van der Waals surface area contributed by atoms with Gasteiger partial charge in [-0.3, -0.25) is 0 Å². The molecule has 0 spiro atoms. The number of ether oxygens (including phenoxy) is 1. The summed E-state index contributed by atoms with van der Waals surface area (Å²) in [5.74, 6) is 0. The van der Waals surface area contributed by atoms with Gasteiger partial charge in [0, 0.05) is 24.6 Å². The molecule has 2 N–H and O–H groups in total. The minimum absolute atomic E-state index is 0.325. The third-order valence-corrected chi connectivity index (χ3v) is 4.98. The average molecular weight is 256 g/mol. The Morgan fingerprint density at radius 1 is 1.11 bits per heavy atom. The van der Waals surface area contributed by atoms with E-state index in [1.165, 1.54) is 32.1 Å². The molecule has 0 atom stereocenters. The second-order valence-corrected chi connectivity index (χ2v) is 5.88. The Morgan fingerprint density at radius 2 is 1.67 bits per heavy atom. The van der Waals surface area contributed by atoms with E-state index in [2.05, 4.69) is 31.4 Å². The highest BCUT2D eigenvalue weighted by molar-refractivity contribution is 4.91. The molecular formula is C15H32N2O. The standard InChI is InChI=1S/C15H32N2O/c1-5-15(6-2,7-3)17-12-14(13-18-4)8-10-16-11-9-14/h16-17H,5-13H2,1-4H3. The molecule has 1 aliphatic heterocycles. The fraction of sp³-hybridized carbons (Fsp3) is 1.00. The normalized spacial score (nSPS) is 20.0. The van der Waals surface area contributed by atoms with Gasteiger partial charge in [-0.05, 0) is 45.2 Å². The lowest BCUT2D eigenvalue weighted by Gasteiger charge is -2.41. The summed E-state index contributed by atoms with van der Waals surface area (Å²) in [6, 6.07) is 0. The van der Waals surface area contributed by atoms with Crippen molar-refractivity contribution in [3.8, 4) is 0 Å². The molecule has 0 radical (unpaired) electrons. The molecule has 0 aromatic rings. The predicted molar refractivity (Wildman–Crippen MR) is 78.0 cm³/mol. The fourth-order valence-corrected chi connectivity index (χ4v) is 3.14. The van der Waals surface area contributed by atoms with Crippen LogP contribution in [0.4, 0.5) is 0 Å². The highest BCUT2D eigenvalue weighted by Gasteiger charge is 2.34. The first-order chi connectivity index (χ1) is 8.66. The minimum Gasteiger partial charge on any atom is -0.384 e. The molecule has 0 unspecified atom stereocenters. The summed E-state index contributed by atoms with van der Waals surface area (Å²) in [6.45, 7) is 11.1. The van der Waals surface area contributed by atoms with Crippen LogP contribution in [0, 0.1) is 5.41 Å². The molecule has 1 saturated heterocycles. The lowest BCUT2D eigenvalue weighted by atomic mass is 9.78. The second kappa shape index (κ2) is 7.46. The van der Waals surface area contributed by atoms with Crippen LogP contribution in [0.5, 0.6) is 0 Å². The van der Waals surface area contributed by atoms with Crippen LogP contribution in [0.15, 0.2) is 0 Å². The van der Waals surface area contributed by atoms with Crippen LogP contribution in [-0.2, 0) is 4.74 Å². The Morgan fingerprint density at radius 3 is 2.11 bits per heavy atom. The van der Waals surface area contributed by atoms with Crippen molar-refractivity contribution in [3.63, 3.8) is 0 Å². The number of methoxy groups -OCH3 is 1. The molecule has 0 aliphatic carbocycles. The van der Waals surface area contributed by atoms with E-state index in [0.29, 0.717) is 11.0 Å². The summed E-state index contributed by atoms with van der Waals surface area (Å²) in [5, 5.41) is 7.32. The molecule has 0 saturated carbocycles. The highest BCUT2D eigenvalue weighted by Crippen LogP contribution is 2.30. The smallest absolute Gasteiger partial charge is 0.0531 e. The number of piperidine rings is 1. The maximum Gasteiger partial charge on any atom is 0.0531 e. The molecular weight excluding hydrogens is 224 g/mol. The van der Waals surface area contributed by atoms with Gasteiger partial charge in [-0.2, -0.15) is 0 Å². The molecule has 0 aromatic carbocycles. The summed E-state index contributed by atoms with van der Waals surface area (Å²) in [6.07, 6.45) is 6.08. The van der Waals surface area contributed by atoms with Crippen LogP contribution in [0.3, 0.4) is 0 Å². The average Bonchev–Trinajstić information content (AvgIpc) is 2.42. The maximum atomic E-state index is 5.48. The van der Waals surface area contributed by atoms with Crippen molar-refractivity contribution in [2.24, 2.45) is 5.41 Å². The van der Waals surface area contributed by atoms with Gasteiger partial charge in [0.15, 0.2) is 0 Å². The summed E-state index contributed by atoms with van der Waals surface area (Å²) in [7, 11) is 1.83. The Labute approximate surface area is 113 Å². The molecule has 1 rings (SSSR count). The van der Waals surface area contributed by atoms with Gasteiger partial charge in [-0.1, -0.05) is 20.8 Å². The van der Waals surface area contributed by atoms with Crippen LogP contribution in [0.25, 0.3) is 0 Å². The molecule has 108 valence electrons. The molecule has 18 heavy (non-hydrogen) atoms. The molecule has 0 aromatic heterocycles. The van der Waals surface area contributed by atoms with E-state index in [1.807, 2.05) is 7.11 Å². The largest absolute Gasteiger partial charge is 0.384 e. The van der Waals surface area contributed by atoms with Crippen molar-refractivity contribution in [2.75, 3.05) is 33.4 Å². The van der Waals surface area contributed by atoms with Crippen LogP contribution < -0.4 is 10.6 Å². The molecule has 1 aliphatic rings. The Kier molecular flexibility index (Phi) is 6.61. The monoisotopic (exact) mass is 256 g/mol. The van der Waals surface area contributed by atoms with Crippen molar-refractivity contribution in [1.29, 1.82) is 0 Å². The molecule has 3 nitrogen and oxygen atoms in total. The topological polar surface area (TPSA) is 33.3 Å². The van der Waals surface area contributed by atoms with E-state index in [-0.39, 0.29) is 0 Å². The first-order valence-corrected chi connectivity index (χ1v) is 7.60. The van der Waals surface area contributed by atoms with Crippen LogP contribution >= 0.6 is 0 Å². The van der Waals surface area contributed by atoms with Crippen molar-refractivity contribution in [1.82, 2.24) is 10.6 Å². The number of rotatable bonds is 8. The van der Waals surface area contributed by atoms with E-state index < -0.39 is 0 Å². The summed E-state index contributed by atoms with van der Waals surface area (Å²) >= 11 is 0. The second-order valence-electron chi connectivity index (χ2n) is 5.88. The fourth-order valence-electron chi connectivity index (χ4n) is 3.14. The number of hydrogen-bond acceptors (Lipinski definition) is 3. The SMILES string of the molecule is CCC(CC)(CC)NCC1(COC)CCNCC1. The third kappa shape index (κ3) is 3.94. The van der Waals surface area contributed by atoms with Gasteiger partial charge in [0.2, 0.25) is 0 Å². The Hall–Kier alpha value is -0.120. The number of nitrogens with one attached hydrogen (secondary N) is 2. The van der Waals surface area contributed by atoms with Crippen LogP contribution in [0.2, 0.25) is 0 Å². The molecule has 3 heteroatoms. The summed E-state index contributed by atoms with van der Waals surface area (Å²) < 4.78 is 5.48. The van der Waals surface area contributed by atoms with Gasteiger partial charge in [-0.15, -0.1) is 0 Å². The molecule has 1 heterocycles. The van der Waals surface area contributed by atoms with E-state index >= 15 is 0 Å². The number of hydrogen-bond donors (Lipinski definition) is 2. The Balaban J connectivity index is 2.60. The van der Waals surface area contributed by atoms with Crippen molar-refractivity contribution >= 4 is 0 Å². The van der Waals surface area contributed by atoms with Gasteiger partial charge in [0.1, 0.15) is 0 Å². The Bertz CT molecular complexity index is 207. The van der Waals surface area contributed by atoms with Gasteiger partial charge in [0.05, 0.1) is 6.61 Å². The molecule has 1 fully saturated rings. The maximum absolute atomic E-state index is 5.48. The van der Waals surface area contributed by atoms with E-state index in [4.69, 9.17) is 4.74 Å². The van der Waals surface area contributed by atoms with E-state index in [9.17, 15) is 0 Å². The van der Waals surface area contributed by atoms with Crippen molar-refractivity contribution < 1.29 is 4.74 Å². The molecule has 0 bridgehead atoms. The zero-order chi connectivity index (χ0) is 13.5. The van der Waals surface area contributed by atoms with Crippen molar-refractivity contribution in [3.05, 3.63) is 0 Å². The lowest BCUT2D eigenvalue weighted by molar-refractivity contribution is 0.0451.